The number of benzene rings is 1. The van der Waals surface area contributed by atoms with Crippen molar-refractivity contribution in [2.45, 2.75) is 0 Å². The van der Waals surface area contributed by atoms with Crippen LogP contribution in [0.15, 0.2) is 36.7 Å². The van der Waals surface area contributed by atoms with Gasteiger partial charge in [-0.15, -0.1) is 0 Å². The van der Waals surface area contributed by atoms with Crippen molar-refractivity contribution in [1.82, 2.24) is 14.9 Å². The van der Waals surface area contributed by atoms with Gasteiger partial charge in [-0.05, 0) is 12.1 Å². The molecule has 1 aliphatic heterocycles. The van der Waals surface area contributed by atoms with Gasteiger partial charge in [-0.25, -0.2) is 14.4 Å². The molecule has 0 radical (unpaired) electrons. The summed E-state index contributed by atoms with van der Waals surface area (Å²) in [5, 5.41) is 13.9. The van der Waals surface area contributed by atoms with Gasteiger partial charge in [0.1, 0.15) is 11.5 Å². The van der Waals surface area contributed by atoms with Crippen LogP contribution >= 0.6 is 0 Å². The second kappa shape index (κ2) is 7.84. The highest BCUT2D eigenvalue weighted by molar-refractivity contribution is 5.61. The SMILES string of the molecule is O=[N+]([O-])c1ccc(F)cc1NCCN1CCN(c2ncccn2)CC1. The third kappa shape index (κ3) is 4.38. The highest BCUT2D eigenvalue weighted by Gasteiger charge is 2.19. The Bertz CT molecular complexity index is 722. The lowest BCUT2D eigenvalue weighted by atomic mass is 10.2. The minimum absolute atomic E-state index is 0.118. The lowest BCUT2D eigenvalue weighted by Gasteiger charge is -2.34. The van der Waals surface area contributed by atoms with Crippen molar-refractivity contribution in [1.29, 1.82) is 0 Å². The molecule has 1 saturated heterocycles. The van der Waals surface area contributed by atoms with Gasteiger partial charge in [0, 0.05) is 63.8 Å². The van der Waals surface area contributed by atoms with Gasteiger partial charge in [-0.2, -0.15) is 0 Å². The Morgan fingerprint density at radius 2 is 1.92 bits per heavy atom. The summed E-state index contributed by atoms with van der Waals surface area (Å²) < 4.78 is 13.3. The van der Waals surface area contributed by atoms with Crippen LogP contribution in [0.1, 0.15) is 0 Å². The number of nitrogens with zero attached hydrogens (tertiary/aromatic N) is 5. The fraction of sp³-hybridized carbons (Fsp3) is 0.375. The minimum atomic E-state index is -0.513. The first-order valence-electron chi connectivity index (χ1n) is 8.05. The Kier molecular flexibility index (Phi) is 5.34. The molecular weight excluding hydrogens is 327 g/mol. The van der Waals surface area contributed by atoms with Crippen LogP contribution in [0.4, 0.5) is 21.7 Å². The maximum absolute atomic E-state index is 13.3. The van der Waals surface area contributed by atoms with Crippen LogP contribution in [-0.2, 0) is 0 Å². The lowest BCUT2D eigenvalue weighted by Crippen LogP contribution is -2.48. The third-order valence-electron chi connectivity index (χ3n) is 4.11. The van der Waals surface area contributed by atoms with E-state index in [4.69, 9.17) is 0 Å². The Balaban J connectivity index is 1.48. The molecule has 1 fully saturated rings. The van der Waals surface area contributed by atoms with Gasteiger partial charge < -0.3 is 10.2 Å². The summed E-state index contributed by atoms with van der Waals surface area (Å²) >= 11 is 0. The maximum atomic E-state index is 13.3. The van der Waals surface area contributed by atoms with Gasteiger partial charge in [0.2, 0.25) is 5.95 Å². The molecule has 0 bridgehead atoms. The first kappa shape index (κ1) is 17.0. The van der Waals surface area contributed by atoms with E-state index in [-0.39, 0.29) is 11.4 Å². The average Bonchev–Trinajstić information content (AvgIpc) is 2.63. The van der Waals surface area contributed by atoms with Gasteiger partial charge in [0.15, 0.2) is 0 Å². The summed E-state index contributed by atoms with van der Waals surface area (Å²) in [6.45, 7) is 4.58. The van der Waals surface area contributed by atoms with Crippen molar-refractivity contribution in [2.75, 3.05) is 49.5 Å². The van der Waals surface area contributed by atoms with Crippen molar-refractivity contribution < 1.29 is 9.31 Å². The summed E-state index contributed by atoms with van der Waals surface area (Å²) in [6, 6.07) is 5.21. The van der Waals surface area contributed by atoms with Gasteiger partial charge in [0.05, 0.1) is 4.92 Å². The topological polar surface area (TPSA) is 87.4 Å². The van der Waals surface area contributed by atoms with Crippen LogP contribution in [0.5, 0.6) is 0 Å². The molecule has 0 unspecified atom stereocenters. The summed E-state index contributed by atoms with van der Waals surface area (Å²) in [5.41, 5.74) is 0.0915. The van der Waals surface area contributed by atoms with Crippen molar-refractivity contribution in [3.63, 3.8) is 0 Å². The van der Waals surface area contributed by atoms with Crippen LogP contribution < -0.4 is 10.2 Å². The fourth-order valence-electron chi connectivity index (χ4n) is 2.78. The normalized spacial score (nSPS) is 15.2. The lowest BCUT2D eigenvalue weighted by molar-refractivity contribution is -0.384. The summed E-state index contributed by atoms with van der Waals surface area (Å²) in [6.07, 6.45) is 3.45. The number of rotatable bonds is 6. The second-order valence-corrected chi connectivity index (χ2v) is 5.72. The van der Waals surface area contributed by atoms with E-state index in [0.717, 1.165) is 50.8 Å². The average molecular weight is 346 g/mol. The Labute approximate surface area is 144 Å². The minimum Gasteiger partial charge on any atom is -0.378 e. The molecule has 0 aliphatic carbocycles. The number of nitrogens with one attached hydrogen (secondary N) is 1. The molecule has 132 valence electrons. The smallest absolute Gasteiger partial charge is 0.292 e. The van der Waals surface area contributed by atoms with Gasteiger partial charge in [0.25, 0.3) is 5.69 Å². The third-order valence-corrected chi connectivity index (χ3v) is 4.11. The van der Waals surface area contributed by atoms with Gasteiger partial charge >= 0.3 is 0 Å². The molecule has 1 aromatic heterocycles. The molecule has 1 N–H and O–H groups in total. The number of halogens is 1. The van der Waals surface area contributed by atoms with E-state index < -0.39 is 10.7 Å². The molecule has 2 aromatic rings. The summed E-state index contributed by atoms with van der Waals surface area (Å²) in [4.78, 5) is 23.3. The fourth-order valence-corrected chi connectivity index (χ4v) is 2.78. The maximum Gasteiger partial charge on any atom is 0.292 e. The van der Waals surface area contributed by atoms with Crippen molar-refractivity contribution in [2.24, 2.45) is 0 Å². The number of anilines is 2. The number of aromatic nitrogens is 2. The standard InChI is InChI=1S/C16H19FN6O2/c17-13-2-3-15(23(24)25)14(12-13)18-6-7-21-8-10-22(11-9-21)16-19-4-1-5-20-16/h1-5,12,18H,6-11H2. The van der Waals surface area contributed by atoms with E-state index in [0.29, 0.717) is 6.54 Å². The zero-order valence-corrected chi connectivity index (χ0v) is 13.6. The zero-order valence-electron chi connectivity index (χ0n) is 13.6. The second-order valence-electron chi connectivity index (χ2n) is 5.72. The number of hydrogen-bond donors (Lipinski definition) is 1. The summed E-state index contributed by atoms with van der Waals surface area (Å²) in [5.74, 6) is 0.236. The predicted octanol–water partition coefficient (Wildman–Crippen LogP) is 1.76. The number of piperazine rings is 1. The number of nitro benzene ring substituents is 1. The first-order chi connectivity index (χ1) is 12.1. The van der Waals surface area contributed by atoms with E-state index >= 15 is 0 Å². The van der Waals surface area contributed by atoms with E-state index in [1.165, 1.54) is 6.07 Å². The predicted molar refractivity (Wildman–Crippen MR) is 92.2 cm³/mol. The molecule has 3 rings (SSSR count). The van der Waals surface area contributed by atoms with E-state index in [9.17, 15) is 14.5 Å². The van der Waals surface area contributed by atoms with Crippen LogP contribution in [-0.4, -0.2) is 59.1 Å². The van der Waals surface area contributed by atoms with Gasteiger partial charge in [-0.1, -0.05) is 0 Å². The van der Waals surface area contributed by atoms with E-state index in [2.05, 4.69) is 25.1 Å². The van der Waals surface area contributed by atoms with Crippen LogP contribution in [0.25, 0.3) is 0 Å². The Hall–Kier alpha value is -2.81. The molecular formula is C16H19FN6O2. The summed E-state index contributed by atoms with van der Waals surface area (Å²) in [7, 11) is 0. The number of nitro groups is 1. The van der Waals surface area contributed by atoms with Crippen molar-refractivity contribution >= 4 is 17.3 Å². The van der Waals surface area contributed by atoms with Crippen LogP contribution in [0, 0.1) is 15.9 Å². The Morgan fingerprint density at radius 1 is 1.20 bits per heavy atom. The molecule has 25 heavy (non-hydrogen) atoms. The first-order valence-corrected chi connectivity index (χ1v) is 8.05. The van der Waals surface area contributed by atoms with Crippen LogP contribution in [0.3, 0.4) is 0 Å². The molecule has 8 nitrogen and oxygen atoms in total. The number of hydrogen-bond acceptors (Lipinski definition) is 7. The molecule has 2 heterocycles. The molecule has 0 amide bonds. The van der Waals surface area contributed by atoms with E-state index in [1.807, 2.05) is 0 Å². The van der Waals surface area contributed by atoms with Gasteiger partial charge in [-0.3, -0.25) is 15.0 Å². The highest BCUT2D eigenvalue weighted by atomic mass is 19.1. The molecule has 0 spiro atoms. The quantitative estimate of drug-likeness (QED) is 0.630. The van der Waals surface area contributed by atoms with E-state index in [1.54, 1.807) is 18.5 Å². The molecule has 1 aromatic carbocycles. The van der Waals surface area contributed by atoms with Crippen LogP contribution in [0.2, 0.25) is 0 Å². The Morgan fingerprint density at radius 3 is 2.60 bits per heavy atom. The monoisotopic (exact) mass is 346 g/mol. The molecule has 9 heteroatoms. The largest absolute Gasteiger partial charge is 0.378 e. The molecule has 0 atom stereocenters. The zero-order chi connectivity index (χ0) is 17.6. The van der Waals surface area contributed by atoms with Crippen molar-refractivity contribution in [3.8, 4) is 0 Å². The molecule has 1 aliphatic rings. The van der Waals surface area contributed by atoms with Crippen molar-refractivity contribution in [3.05, 3.63) is 52.6 Å². The highest BCUT2D eigenvalue weighted by Crippen LogP contribution is 2.24. The molecule has 0 saturated carbocycles.